The molecular formula is C18H14F3N3O2. The van der Waals surface area contributed by atoms with Gasteiger partial charge in [-0.2, -0.15) is 0 Å². The molecule has 1 aliphatic heterocycles. The van der Waals surface area contributed by atoms with Crippen molar-refractivity contribution in [3.63, 3.8) is 0 Å². The lowest BCUT2D eigenvalue weighted by atomic mass is 9.94. The van der Waals surface area contributed by atoms with E-state index in [0.717, 1.165) is 12.1 Å². The second-order valence-corrected chi connectivity index (χ2v) is 5.71. The molecule has 26 heavy (non-hydrogen) atoms. The highest BCUT2D eigenvalue weighted by Gasteiger charge is 2.31. The summed E-state index contributed by atoms with van der Waals surface area (Å²) < 4.78 is 39.9. The fraction of sp³-hybridized carbons (Fsp3) is 0.111. The van der Waals surface area contributed by atoms with Crippen LogP contribution in [0.15, 0.2) is 53.7 Å². The van der Waals surface area contributed by atoms with Gasteiger partial charge < -0.3 is 16.0 Å². The van der Waals surface area contributed by atoms with Crippen molar-refractivity contribution in [3.05, 3.63) is 76.7 Å². The molecule has 1 aliphatic rings. The van der Waals surface area contributed by atoms with Crippen LogP contribution in [-0.4, -0.2) is 11.9 Å². The van der Waals surface area contributed by atoms with E-state index in [1.165, 1.54) is 31.2 Å². The molecule has 3 rings (SSSR count). The Morgan fingerprint density at radius 2 is 1.85 bits per heavy atom. The number of allylic oxidation sites excluding steroid dienone is 1. The molecule has 2 aromatic rings. The predicted octanol–water partition coefficient (Wildman–Crippen LogP) is 3.37. The van der Waals surface area contributed by atoms with E-state index < -0.39 is 35.4 Å². The fourth-order valence-corrected chi connectivity index (χ4v) is 2.70. The number of benzene rings is 2. The van der Waals surface area contributed by atoms with Crippen molar-refractivity contribution in [3.8, 4) is 0 Å². The Morgan fingerprint density at radius 3 is 2.54 bits per heavy atom. The molecule has 1 atom stereocenters. The van der Waals surface area contributed by atoms with Crippen LogP contribution in [0.25, 0.3) is 0 Å². The zero-order valence-corrected chi connectivity index (χ0v) is 13.6. The van der Waals surface area contributed by atoms with E-state index in [-0.39, 0.29) is 17.0 Å². The van der Waals surface area contributed by atoms with Crippen LogP contribution in [0.5, 0.6) is 0 Å². The third-order valence-electron chi connectivity index (χ3n) is 3.87. The second kappa shape index (κ2) is 6.91. The lowest BCUT2D eigenvalue weighted by molar-refractivity contribution is -0.113. The zero-order chi connectivity index (χ0) is 18.8. The minimum atomic E-state index is -1.11. The summed E-state index contributed by atoms with van der Waals surface area (Å²) in [5.41, 5.74) is 0.807. The number of carbonyl (C=O) groups excluding carboxylic acids is 2. The number of rotatable bonds is 3. The maximum absolute atomic E-state index is 13.6. The summed E-state index contributed by atoms with van der Waals surface area (Å²) in [6, 6.07) is 6.96. The summed E-state index contributed by atoms with van der Waals surface area (Å²) in [7, 11) is 0. The molecular weight excluding hydrogens is 347 g/mol. The minimum absolute atomic E-state index is 0.0455. The molecule has 8 heteroatoms. The van der Waals surface area contributed by atoms with E-state index in [1.807, 2.05) is 0 Å². The van der Waals surface area contributed by atoms with Crippen molar-refractivity contribution in [1.82, 2.24) is 10.6 Å². The summed E-state index contributed by atoms with van der Waals surface area (Å²) in [5.74, 6) is -3.31. The number of urea groups is 1. The van der Waals surface area contributed by atoms with E-state index in [1.54, 1.807) is 6.07 Å². The van der Waals surface area contributed by atoms with E-state index in [2.05, 4.69) is 16.0 Å². The van der Waals surface area contributed by atoms with Gasteiger partial charge in [-0.15, -0.1) is 0 Å². The average Bonchev–Trinajstić information content (AvgIpc) is 2.57. The Hall–Kier alpha value is -3.29. The molecule has 3 amide bonds. The molecule has 5 nitrogen and oxygen atoms in total. The van der Waals surface area contributed by atoms with Gasteiger partial charge in [-0.05, 0) is 36.8 Å². The van der Waals surface area contributed by atoms with Gasteiger partial charge in [0.1, 0.15) is 5.82 Å². The average molecular weight is 361 g/mol. The van der Waals surface area contributed by atoms with Crippen LogP contribution >= 0.6 is 0 Å². The largest absolute Gasteiger partial charge is 0.327 e. The Balaban J connectivity index is 1.95. The van der Waals surface area contributed by atoms with Crippen LogP contribution in [-0.2, 0) is 4.79 Å². The van der Waals surface area contributed by atoms with Crippen LogP contribution in [0.4, 0.5) is 23.7 Å². The van der Waals surface area contributed by atoms with E-state index in [4.69, 9.17) is 0 Å². The first-order valence-electron chi connectivity index (χ1n) is 7.65. The minimum Gasteiger partial charge on any atom is -0.327 e. The third-order valence-corrected chi connectivity index (χ3v) is 3.87. The molecule has 0 aromatic heterocycles. The highest BCUT2D eigenvalue weighted by Crippen LogP contribution is 2.28. The molecule has 134 valence electrons. The summed E-state index contributed by atoms with van der Waals surface area (Å²) >= 11 is 0. The lowest BCUT2D eigenvalue weighted by Crippen LogP contribution is -2.46. The molecule has 0 saturated carbocycles. The van der Waals surface area contributed by atoms with Crippen molar-refractivity contribution in [2.45, 2.75) is 13.0 Å². The number of amides is 3. The van der Waals surface area contributed by atoms with Gasteiger partial charge in [0, 0.05) is 17.5 Å². The van der Waals surface area contributed by atoms with E-state index in [0.29, 0.717) is 5.56 Å². The van der Waals surface area contributed by atoms with Crippen LogP contribution in [0, 0.1) is 17.5 Å². The summed E-state index contributed by atoms with van der Waals surface area (Å²) in [6.45, 7) is 1.52. The molecule has 0 aliphatic carbocycles. The molecule has 3 N–H and O–H groups in total. The highest BCUT2D eigenvalue weighted by atomic mass is 19.2. The standard InChI is InChI=1S/C18H14F3N3O2/c1-9-15(17(25)23-12-5-6-13(20)14(21)8-12)16(24-18(26)22-9)10-3-2-4-11(19)7-10/h2-8,16H,1H3,(H,23,25)(H2,22,24,26)/t16-/m0/s1. The Kier molecular flexibility index (Phi) is 4.66. The molecule has 2 aromatic carbocycles. The third kappa shape index (κ3) is 3.53. The Bertz CT molecular complexity index is 928. The van der Waals surface area contributed by atoms with Crippen molar-refractivity contribution in [2.75, 3.05) is 5.32 Å². The lowest BCUT2D eigenvalue weighted by Gasteiger charge is -2.28. The number of carbonyl (C=O) groups is 2. The van der Waals surface area contributed by atoms with Gasteiger partial charge in [-0.3, -0.25) is 4.79 Å². The van der Waals surface area contributed by atoms with Gasteiger partial charge in [0.15, 0.2) is 11.6 Å². The maximum atomic E-state index is 13.6. The van der Waals surface area contributed by atoms with Crippen LogP contribution in [0.2, 0.25) is 0 Å². The number of anilines is 1. The van der Waals surface area contributed by atoms with Gasteiger partial charge in [0.25, 0.3) is 5.91 Å². The molecule has 0 bridgehead atoms. The molecule has 1 heterocycles. The molecule has 0 saturated heterocycles. The smallest absolute Gasteiger partial charge is 0.319 e. The van der Waals surface area contributed by atoms with Crippen LogP contribution < -0.4 is 16.0 Å². The number of hydrogen-bond acceptors (Lipinski definition) is 2. The zero-order valence-electron chi connectivity index (χ0n) is 13.6. The first kappa shape index (κ1) is 17.5. The van der Waals surface area contributed by atoms with E-state index in [9.17, 15) is 22.8 Å². The molecule has 0 radical (unpaired) electrons. The van der Waals surface area contributed by atoms with Gasteiger partial charge >= 0.3 is 6.03 Å². The summed E-state index contributed by atoms with van der Waals surface area (Å²) in [4.78, 5) is 24.5. The number of halogens is 3. The molecule has 0 unspecified atom stereocenters. The predicted molar refractivity (Wildman–Crippen MR) is 88.5 cm³/mol. The Morgan fingerprint density at radius 1 is 1.08 bits per heavy atom. The first-order valence-corrected chi connectivity index (χ1v) is 7.65. The summed E-state index contributed by atoms with van der Waals surface area (Å²) in [6.07, 6.45) is 0. The highest BCUT2D eigenvalue weighted by molar-refractivity contribution is 6.06. The van der Waals surface area contributed by atoms with Crippen LogP contribution in [0.1, 0.15) is 18.5 Å². The molecule has 0 fully saturated rings. The van der Waals surface area contributed by atoms with Crippen molar-refractivity contribution in [2.24, 2.45) is 0 Å². The first-order chi connectivity index (χ1) is 12.3. The van der Waals surface area contributed by atoms with Crippen LogP contribution in [0.3, 0.4) is 0 Å². The van der Waals surface area contributed by atoms with Gasteiger partial charge in [0.2, 0.25) is 0 Å². The Labute approximate surface area is 146 Å². The van der Waals surface area contributed by atoms with Crippen molar-refractivity contribution >= 4 is 17.6 Å². The van der Waals surface area contributed by atoms with Crippen molar-refractivity contribution < 1.29 is 22.8 Å². The van der Waals surface area contributed by atoms with E-state index >= 15 is 0 Å². The topological polar surface area (TPSA) is 70.2 Å². The van der Waals surface area contributed by atoms with Gasteiger partial charge in [0.05, 0.1) is 11.6 Å². The SMILES string of the molecule is CC1=C(C(=O)Nc2ccc(F)c(F)c2)[C@H](c2cccc(F)c2)NC(=O)N1. The second-order valence-electron chi connectivity index (χ2n) is 5.71. The van der Waals surface area contributed by atoms with Gasteiger partial charge in [-0.1, -0.05) is 12.1 Å². The number of hydrogen-bond donors (Lipinski definition) is 3. The monoisotopic (exact) mass is 361 g/mol. The summed E-state index contributed by atoms with van der Waals surface area (Å²) in [5, 5.41) is 7.48. The quantitative estimate of drug-likeness (QED) is 0.785. The molecule has 0 spiro atoms. The van der Waals surface area contributed by atoms with Crippen molar-refractivity contribution in [1.29, 1.82) is 0 Å². The fourth-order valence-electron chi connectivity index (χ4n) is 2.70. The maximum Gasteiger partial charge on any atom is 0.319 e. The van der Waals surface area contributed by atoms with Gasteiger partial charge in [-0.25, -0.2) is 18.0 Å². The normalized spacial score (nSPS) is 16.8. The number of nitrogens with one attached hydrogen (secondary N) is 3.